The van der Waals surface area contributed by atoms with E-state index in [0.29, 0.717) is 43.5 Å². The fourth-order valence-electron chi connectivity index (χ4n) is 3.57. The smallest absolute Gasteiger partial charge is 0.317 e. The van der Waals surface area contributed by atoms with E-state index < -0.39 is 10.0 Å². The number of rotatable bonds is 6. The zero-order valence-corrected chi connectivity index (χ0v) is 18.7. The number of aryl methyl sites for hydroxylation is 2. The van der Waals surface area contributed by atoms with Crippen LogP contribution in [0.5, 0.6) is 0 Å². The maximum atomic E-state index is 13.0. The number of piperazine rings is 1. The molecule has 0 aromatic heterocycles. The molecule has 1 heterocycles. The fourth-order valence-corrected chi connectivity index (χ4v) is 5.31. The van der Waals surface area contributed by atoms with Gasteiger partial charge in [0.15, 0.2) is 0 Å². The van der Waals surface area contributed by atoms with Gasteiger partial charge < -0.3 is 15.1 Å². The van der Waals surface area contributed by atoms with Crippen molar-refractivity contribution < 1.29 is 13.2 Å². The molecule has 1 aromatic rings. The maximum Gasteiger partial charge on any atom is 0.317 e. The molecule has 0 spiro atoms. The number of hydrogen-bond acceptors (Lipinski definition) is 4. The van der Waals surface area contributed by atoms with Gasteiger partial charge in [-0.25, -0.2) is 13.2 Å². The van der Waals surface area contributed by atoms with Gasteiger partial charge >= 0.3 is 6.03 Å². The normalized spacial score (nSPS) is 17.2. The second-order valence-electron chi connectivity index (χ2n) is 8.12. The number of carbonyl (C=O) groups excluding carboxylic acids is 1. The number of sulfonamides is 1. The first kappa shape index (κ1) is 22.6. The van der Waals surface area contributed by atoms with Crippen LogP contribution in [0.3, 0.4) is 0 Å². The largest absolute Gasteiger partial charge is 0.336 e. The Hall–Kier alpha value is -1.64. The van der Waals surface area contributed by atoms with E-state index in [9.17, 15) is 13.2 Å². The predicted molar refractivity (Wildman–Crippen MR) is 112 cm³/mol. The van der Waals surface area contributed by atoms with Crippen molar-refractivity contribution in [2.24, 2.45) is 5.92 Å². The van der Waals surface area contributed by atoms with Crippen LogP contribution in [-0.4, -0.2) is 81.4 Å². The Morgan fingerprint density at radius 1 is 1.14 bits per heavy atom. The van der Waals surface area contributed by atoms with Crippen molar-refractivity contribution in [2.45, 2.75) is 38.6 Å². The third kappa shape index (κ3) is 5.24. The van der Waals surface area contributed by atoms with E-state index in [-0.39, 0.29) is 12.1 Å². The number of likely N-dealkylation sites (N-methyl/N-ethyl adjacent to an activating group) is 1. The zero-order valence-electron chi connectivity index (χ0n) is 17.9. The van der Waals surface area contributed by atoms with Crippen LogP contribution in [0, 0.1) is 19.8 Å². The number of urea groups is 1. The molecule has 0 bridgehead atoms. The second kappa shape index (κ2) is 9.24. The summed E-state index contributed by atoms with van der Waals surface area (Å²) in [6, 6.07) is 5.60. The first-order valence-electron chi connectivity index (χ1n) is 9.80. The topological polar surface area (TPSA) is 73.0 Å². The van der Waals surface area contributed by atoms with E-state index >= 15 is 0 Å². The molecule has 1 N–H and O–H groups in total. The summed E-state index contributed by atoms with van der Waals surface area (Å²) in [5, 5.41) is 2.99. The van der Waals surface area contributed by atoms with Crippen molar-refractivity contribution >= 4 is 16.1 Å². The highest BCUT2D eigenvalue weighted by Crippen LogP contribution is 2.22. The van der Waals surface area contributed by atoms with Crippen LogP contribution in [0.15, 0.2) is 23.1 Å². The molecule has 1 aliphatic rings. The summed E-state index contributed by atoms with van der Waals surface area (Å²) in [6.45, 7) is 9.94. The van der Waals surface area contributed by atoms with Gasteiger partial charge in [0.2, 0.25) is 10.0 Å². The summed E-state index contributed by atoms with van der Waals surface area (Å²) in [5.41, 5.74) is 1.66. The fraction of sp³-hybridized carbons (Fsp3) is 0.650. The molecule has 0 unspecified atom stereocenters. The quantitative estimate of drug-likeness (QED) is 0.778. The molecule has 1 fully saturated rings. The van der Waals surface area contributed by atoms with Gasteiger partial charge in [-0.3, -0.25) is 0 Å². The van der Waals surface area contributed by atoms with Gasteiger partial charge in [0, 0.05) is 38.8 Å². The number of carbonyl (C=O) groups is 1. The summed E-state index contributed by atoms with van der Waals surface area (Å²) in [5.74, 6) is 0.426. The molecule has 1 aliphatic heterocycles. The lowest BCUT2D eigenvalue weighted by molar-refractivity contribution is 0.164. The van der Waals surface area contributed by atoms with Gasteiger partial charge in [0.05, 0.1) is 4.90 Å². The summed E-state index contributed by atoms with van der Waals surface area (Å²) in [4.78, 5) is 16.7. The predicted octanol–water partition coefficient (Wildman–Crippen LogP) is 1.91. The highest BCUT2D eigenvalue weighted by atomic mass is 32.2. The van der Waals surface area contributed by atoms with Gasteiger partial charge in [-0.2, -0.15) is 4.31 Å². The molecule has 158 valence electrons. The minimum Gasteiger partial charge on any atom is -0.336 e. The monoisotopic (exact) mass is 410 g/mol. The molecular formula is C20H34N4O3S. The van der Waals surface area contributed by atoms with Crippen LogP contribution >= 0.6 is 0 Å². The average Bonchev–Trinajstić information content (AvgIpc) is 2.63. The van der Waals surface area contributed by atoms with Crippen molar-refractivity contribution in [3.8, 4) is 0 Å². The molecule has 28 heavy (non-hydrogen) atoms. The van der Waals surface area contributed by atoms with Gasteiger partial charge in [-0.15, -0.1) is 0 Å². The lowest BCUT2D eigenvalue weighted by atomic mass is 10.0. The maximum absolute atomic E-state index is 13.0. The van der Waals surface area contributed by atoms with Gasteiger partial charge in [-0.05, 0) is 51.1 Å². The molecular weight excluding hydrogens is 376 g/mol. The van der Waals surface area contributed by atoms with Crippen LogP contribution in [0.1, 0.15) is 25.0 Å². The molecule has 0 aliphatic carbocycles. The highest BCUT2D eigenvalue weighted by molar-refractivity contribution is 7.89. The SMILES string of the molecule is Cc1ccc(C)c(S(=O)(=O)N2CCN(C(=O)NC[C@@H](C(C)C)N(C)C)CC2)c1. The molecule has 1 atom stereocenters. The minimum absolute atomic E-state index is 0.128. The zero-order chi connectivity index (χ0) is 21.1. The first-order chi connectivity index (χ1) is 13.0. The lowest BCUT2D eigenvalue weighted by Crippen LogP contribution is -2.54. The number of amides is 2. The van der Waals surface area contributed by atoms with E-state index in [0.717, 1.165) is 11.1 Å². The number of nitrogens with zero attached hydrogens (tertiary/aromatic N) is 3. The van der Waals surface area contributed by atoms with Crippen LogP contribution in [0.25, 0.3) is 0 Å². The summed E-state index contributed by atoms with van der Waals surface area (Å²) >= 11 is 0. The van der Waals surface area contributed by atoms with Crippen molar-refractivity contribution in [2.75, 3.05) is 46.8 Å². The van der Waals surface area contributed by atoms with Crippen LogP contribution in [0.4, 0.5) is 4.79 Å². The Kier molecular flexibility index (Phi) is 7.47. The van der Waals surface area contributed by atoms with Crippen LogP contribution in [0.2, 0.25) is 0 Å². The molecule has 1 saturated heterocycles. The number of benzene rings is 1. The Labute approximate surface area is 169 Å². The van der Waals surface area contributed by atoms with Crippen LogP contribution in [-0.2, 0) is 10.0 Å². The van der Waals surface area contributed by atoms with Gasteiger partial charge in [0.1, 0.15) is 0 Å². The summed E-state index contributed by atoms with van der Waals surface area (Å²) in [7, 11) is 0.471. The van der Waals surface area contributed by atoms with Gasteiger partial charge in [0.25, 0.3) is 0 Å². The van der Waals surface area contributed by atoms with Crippen LogP contribution < -0.4 is 5.32 Å². The van der Waals surface area contributed by atoms with E-state index in [1.54, 1.807) is 11.0 Å². The Morgan fingerprint density at radius 2 is 1.75 bits per heavy atom. The van der Waals surface area contributed by atoms with E-state index in [4.69, 9.17) is 0 Å². The van der Waals surface area contributed by atoms with Crippen molar-refractivity contribution in [3.05, 3.63) is 29.3 Å². The molecule has 2 rings (SSSR count). The number of hydrogen-bond donors (Lipinski definition) is 1. The third-order valence-corrected chi connectivity index (χ3v) is 7.42. The molecule has 1 aromatic carbocycles. The third-order valence-electron chi connectivity index (χ3n) is 5.38. The molecule has 0 radical (unpaired) electrons. The molecule has 0 saturated carbocycles. The average molecular weight is 411 g/mol. The molecule has 7 nitrogen and oxygen atoms in total. The summed E-state index contributed by atoms with van der Waals surface area (Å²) < 4.78 is 27.5. The number of nitrogens with one attached hydrogen (secondary N) is 1. The van der Waals surface area contributed by atoms with Crippen molar-refractivity contribution in [1.29, 1.82) is 0 Å². The highest BCUT2D eigenvalue weighted by Gasteiger charge is 2.31. The van der Waals surface area contributed by atoms with E-state index in [1.807, 2.05) is 40.1 Å². The molecule has 8 heteroatoms. The molecule has 2 amide bonds. The lowest BCUT2D eigenvalue weighted by Gasteiger charge is -2.35. The van der Waals surface area contributed by atoms with Crippen molar-refractivity contribution in [1.82, 2.24) is 19.4 Å². The van der Waals surface area contributed by atoms with E-state index in [2.05, 4.69) is 24.1 Å². The van der Waals surface area contributed by atoms with Crippen molar-refractivity contribution in [3.63, 3.8) is 0 Å². The van der Waals surface area contributed by atoms with Gasteiger partial charge in [-0.1, -0.05) is 26.0 Å². The Morgan fingerprint density at radius 3 is 2.29 bits per heavy atom. The second-order valence-corrected chi connectivity index (χ2v) is 10.0. The standard InChI is InChI=1S/C20H34N4O3S/c1-15(2)18(22(5)6)14-21-20(25)23-9-11-24(12-10-23)28(26,27)19-13-16(3)7-8-17(19)4/h7-8,13,15,18H,9-12,14H2,1-6H3,(H,21,25)/t18-/m0/s1. The Balaban J connectivity index is 1.96. The summed E-state index contributed by atoms with van der Waals surface area (Å²) in [6.07, 6.45) is 0. The minimum atomic E-state index is -3.54. The van der Waals surface area contributed by atoms with E-state index in [1.165, 1.54) is 4.31 Å². The Bertz CT molecular complexity index is 777. The first-order valence-corrected chi connectivity index (χ1v) is 11.2.